The van der Waals surface area contributed by atoms with Crippen molar-refractivity contribution in [1.82, 2.24) is 24.8 Å². The van der Waals surface area contributed by atoms with Crippen LogP contribution < -0.4 is 20.2 Å². The zero-order valence-corrected chi connectivity index (χ0v) is 31.8. The van der Waals surface area contributed by atoms with Crippen molar-refractivity contribution in [2.24, 2.45) is 0 Å². The summed E-state index contributed by atoms with van der Waals surface area (Å²) in [7, 11) is -2.34. The molecule has 0 aliphatic carbocycles. The molecule has 2 N–H and O–H groups in total. The summed E-state index contributed by atoms with van der Waals surface area (Å²) in [5.74, 6) is 1.79. The minimum Gasteiger partial charge on any atom is -0.493 e. The molecule has 0 bridgehead atoms. The van der Waals surface area contributed by atoms with Gasteiger partial charge in [0.1, 0.15) is 18.0 Å². The van der Waals surface area contributed by atoms with E-state index in [4.69, 9.17) is 29.5 Å². The number of rotatable bonds is 18. The average molecular weight is 758 g/mol. The second-order valence-electron chi connectivity index (χ2n) is 13.8. The second kappa shape index (κ2) is 17.9. The Morgan fingerprint density at radius 3 is 2.32 bits per heavy atom. The SMILES string of the molecule is C#CCN(CCCOc1cc2ncnc(Nn3nccc3CC(=O)Nc3cc(F)cc(F)c3)c2cc1OC)CCOP(=O)(OC(C)(C)C)OC(C)(C)C. The van der Waals surface area contributed by atoms with Gasteiger partial charge in [-0.1, -0.05) is 5.92 Å². The maximum atomic E-state index is 13.6. The van der Waals surface area contributed by atoms with Gasteiger partial charge in [-0.25, -0.2) is 23.3 Å². The van der Waals surface area contributed by atoms with Crippen LogP contribution in [0.15, 0.2) is 48.9 Å². The zero-order chi connectivity index (χ0) is 38.8. The number of ether oxygens (including phenoxy) is 2. The molecule has 2 aromatic carbocycles. The van der Waals surface area contributed by atoms with Crippen molar-refractivity contribution in [3.05, 3.63) is 66.3 Å². The third kappa shape index (κ3) is 13.1. The molecule has 0 saturated heterocycles. The molecule has 4 aromatic rings. The number of anilines is 2. The molecule has 17 heteroatoms. The van der Waals surface area contributed by atoms with Crippen LogP contribution >= 0.6 is 7.82 Å². The van der Waals surface area contributed by atoms with Gasteiger partial charge in [-0.3, -0.25) is 28.7 Å². The number of hydrogen-bond donors (Lipinski definition) is 2. The van der Waals surface area contributed by atoms with Crippen molar-refractivity contribution in [3.63, 3.8) is 0 Å². The standard InChI is InChI=1S/C36H46F2N7O7P/c1-9-13-44(15-17-50-53(47,51-35(2,3)4)52-36(5,6)7)14-10-16-49-32-23-30-29(22-31(32)48-8)34(40-24-39-30)43-45-28(11-12-41-45)21-33(46)42-27-19-25(37)18-26(38)20-27/h1,11-12,18-20,22-24H,10,13-17,21H2,2-8H3,(H,42,46)(H,39,40,43). The fourth-order valence-corrected chi connectivity index (χ4v) is 6.77. The van der Waals surface area contributed by atoms with Crippen molar-refractivity contribution < 1.29 is 41.2 Å². The maximum Gasteiger partial charge on any atom is 0.475 e. The first kappa shape index (κ1) is 41.1. The molecular weight excluding hydrogens is 711 g/mol. The van der Waals surface area contributed by atoms with E-state index in [1.54, 1.807) is 59.7 Å². The Morgan fingerprint density at radius 1 is 0.981 bits per heavy atom. The summed E-state index contributed by atoms with van der Waals surface area (Å²) in [6.45, 7) is 12.3. The van der Waals surface area contributed by atoms with Crippen LogP contribution in [0.1, 0.15) is 53.7 Å². The van der Waals surface area contributed by atoms with Crippen LogP contribution in [0.5, 0.6) is 11.5 Å². The number of phosphoric ester groups is 1. The Morgan fingerprint density at radius 2 is 1.68 bits per heavy atom. The molecule has 0 aliphatic heterocycles. The van der Waals surface area contributed by atoms with Crippen LogP contribution in [-0.2, 0) is 29.4 Å². The van der Waals surface area contributed by atoms with Gasteiger partial charge in [-0.2, -0.15) is 9.89 Å². The van der Waals surface area contributed by atoms with E-state index < -0.39 is 36.6 Å². The van der Waals surface area contributed by atoms with Crippen molar-refractivity contribution >= 4 is 36.1 Å². The number of phosphoric acid groups is 1. The predicted molar refractivity (Wildman–Crippen MR) is 197 cm³/mol. The van der Waals surface area contributed by atoms with Crippen LogP contribution in [0, 0.1) is 24.0 Å². The number of aromatic nitrogens is 4. The highest BCUT2D eigenvalue weighted by Gasteiger charge is 2.37. The molecule has 0 unspecified atom stereocenters. The average Bonchev–Trinajstić information content (AvgIpc) is 3.46. The lowest BCUT2D eigenvalue weighted by atomic mass is 10.2. The first-order valence-corrected chi connectivity index (χ1v) is 18.3. The molecule has 53 heavy (non-hydrogen) atoms. The first-order chi connectivity index (χ1) is 25.0. The molecule has 286 valence electrons. The molecule has 0 atom stereocenters. The largest absolute Gasteiger partial charge is 0.493 e. The second-order valence-corrected chi connectivity index (χ2v) is 15.4. The fraction of sp³-hybridized carbons (Fsp3) is 0.444. The molecule has 0 fully saturated rings. The normalized spacial score (nSPS) is 12.2. The summed E-state index contributed by atoms with van der Waals surface area (Å²) in [6.07, 6.45) is 8.92. The number of nitrogens with one attached hydrogen (secondary N) is 2. The van der Waals surface area contributed by atoms with Crippen LogP contribution in [0.25, 0.3) is 10.9 Å². The quantitative estimate of drug-likeness (QED) is 0.0637. The van der Waals surface area contributed by atoms with Gasteiger partial charge in [0.05, 0.1) is 61.9 Å². The van der Waals surface area contributed by atoms with E-state index in [2.05, 4.69) is 31.7 Å². The highest BCUT2D eigenvalue weighted by molar-refractivity contribution is 7.48. The number of halogens is 2. The van der Waals surface area contributed by atoms with Gasteiger partial charge in [0.15, 0.2) is 17.3 Å². The van der Waals surface area contributed by atoms with Gasteiger partial charge < -0.3 is 14.8 Å². The van der Waals surface area contributed by atoms with Crippen molar-refractivity contribution in [2.45, 2.75) is 65.6 Å². The maximum absolute atomic E-state index is 13.6. The minimum atomic E-state index is -3.86. The topological polar surface area (TPSA) is 151 Å². The molecule has 0 spiro atoms. The molecule has 1 amide bonds. The van der Waals surface area contributed by atoms with E-state index in [0.717, 1.165) is 18.2 Å². The highest BCUT2D eigenvalue weighted by atomic mass is 31.2. The van der Waals surface area contributed by atoms with Gasteiger partial charge in [0.25, 0.3) is 0 Å². The Balaban J connectivity index is 1.36. The smallest absolute Gasteiger partial charge is 0.475 e. The molecular formula is C36H46F2N7O7P. The van der Waals surface area contributed by atoms with Gasteiger partial charge in [0.2, 0.25) is 5.91 Å². The number of benzene rings is 2. The molecule has 14 nitrogen and oxygen atoms in total. The summed E-state index contributed by atoms with van der Waals surface area (Å²) in [5.41, 5.74) is 2.57. The highest BCUT2D eigenvalue weighted by Crippen LogP contribution is 2.55. The third-order valence-electron chi connectivity index (χ3n) is 6.96. The van der Waals surface area contributed by atoms with Crippen LogP contribution in [0.3, 0.4) is 0 Å². The lowest BCUT2D eigenvalue weighted by Crippen LogP contribution is -2.31. The number of terminal acetylenes is 1. The number of hydrogen-bond acceptors (Lipinski definition) is 12. The van der Waals surface area contributed by atoms with Crippen molar-refractivity contribution in [2.75, 3.05) is 50.7 Å². The van der Waals surface area contributed by atoms with E-state index in [0.29, 0.717) is 66.6 Å². The first-order valence-electron chi connectivity index (χ1n) is 16.8. The van der Waals surface area contributed by atoms with Gasteiger partial charge in [-0.15, -0.1) is 6.42 Å². The molecule has 0 radical (unpaired) electrons. The number of fused-ring (bicyclic) bond motifs is 1. The molecule has 4 rings (SSSR count). The monoisotopic (exact) mass is 757 g/mol. The lowest BCUT2D eigenvalue weighted by molar-refractivity contribution is -0.115. The Kier molecular flexibility index (Phi) is 13.9. The third-order valence-corrected chi connectivity index (χ3v) is 9.00. The van der Waals surface area contributed by atoms with Crippen molar-refractivity contribution in [3.8, 4) is 23.8 Å². The van der Waals surface area contributed by atoms with E-state index in [9.17, 15) is 18.1 Å². The summed E-state index contributed by atoms with van der Waals surface area (Å²) < 4.78 is 69.3. The van der Waals surface area contributed by atoms with E-state index >= 15 is 0 Å². The number of methoxy groups -OCH3 is 1. The fourth-order valence-electron chi connectivity index (χ4n) is 4.98. The molecule has 0 saturated carbocycles. The van der Waals surface area contributed by atoms with Gasteiger partial charge in [0, 0.05) is 36.3 Å². The number of amides is 1. The van der Waals surface area contributed by atoms with Crippen LogP contribution in [0.4, 0.5) is 20.3 Å². The summed E-state index contributed by atoms with van der Waals surface area (Å²) in [5, 5.41) is 7.31. The van der Waals surface area contributed by atoms with E-state index in [-0.39, 0.29) is 18.7 Å². The Bertz CT molecular complexity index is 1920. The Labute approximate surface area is 308 Å². The Hall–Kier alpha value is -4.65. The predicted octanol–water partition coefficient (Wildman–Crippen LogP) is 6.63. The lowest BCUT2D eigenvalue weighted by Gasteiger charge is -2.31. The summed E-state index contributed by atoms with van der Waals surface area (Å²) >= 11 is 0. The molecule has 0 aliphatic rings. The van der Waals surface area contributed by atoms with E-state index in [1.165, 1.54) is 24.4 Å². The van der Waals surface area contributed by atoms with Crippen molar-refractivity contribution in [1.29, 1.82) is 0 Å². The van der Waals surface area contributed by atoms with Gasteiger partial charge >= 0.3 is 7.82 Å². The van der Waals surface area contributed by atoms with Gasteiger partial charge in [-0.05, 0) is 72.2 Å². The summed E-state index contributed by atoms with van der Waals surface area (Å²) in [6, 6.07) is 7.84. The minimum absolute atomic E-state index is 0.00443. The summed E-state index contributed by atoms with van der Waals surface area (Å²) in [4.78, 5) is 24.7. The number of carbonyl (C=O) groups excluding carboxylic acids is 1. The van der Waals surface area contributed by atoms with E-state index in [1.807, 2.05) is 4.90 Å². The van der Waals surface area contributed by atoms with Crippen LogP contribution in [-0.4, -0.2) is 81.8 Å². The number of nitrogens with zero attached hydrogens (tertiary/aromatic N) is 5. The molecule has 2 heterocycles. The zero-order valence-electron chi connectivity index (χ0n) is 30.9. The van der Waals surface area contributed by atoms with Crippen LogP contribution in [0.2, 0.25) is 0 Å². The number of carbonyl (C=O) groups is 1. The molecule has 2 aromatic heterocycles.